The SMILES string of the molecule is O=C(/C=C/c1ccc2c(c1)OCO2)N1CCC(Oc2ncccn2)CC1. The quantitative estimate of drug-likeness (QED) is 0.785. The van der Waals surface area contributed by atoms with Crippen LogP contribution in [0.3, 0.4) is 0 Å². The van der Waals surface area contributed by atoms with Gasteiger partial charge in [-0.15, -0.1) is 0 Å². The summed E-state index contributed by atoms with van der Waals surface area (Å²) in [5, 5.41) is 0. The zero-order chi connectivity index (χ0) is 17.8. The van der Waals surface area contributed by atoms with Crippen molar-refractivity contribution in [2.75, 3.05) is 19.9 Å². The predicted molar refractivity (Wildman–Crippen MR) is 93.9 cm³/mol. The second-order valence-corrected chi connectivity index (χ2v) is 6.12. The Balaban J connectivity index is 1.29. The largest absolute Gasteiger partial charge is 0.460 e. The zero-order valence-corrected chi connectivity index (χ0v) is 14.2. The molecule has 1 aromatic heterocycles. The van der Waals surface area contributed by atoms with Crippen LogP contribution in [-0.4, -0.2) is 46.8 Å². The highest BCUT2D eigenvalue weighted by Crippen LogP contribution is 2.32. The summed E-state index contributed by atoms with van der Waals surface area (Å²) in [4.78, 5) is 22.4. The van der Waals surface area contributed by atoms with Gasteiger partial charge in [0.1, 0.15) is 6.10 Å². The van der Waals surface area contributed by atoms with E-state index in [0.29, 0.717) is 24.8 Å². The molecule has 7 nitrogen and oxygen atoms in total. The molecule has 0 bridgehead atoms. The number of ether oxygens (including phenoxy) is 3. The molecule has 3 heterocycles. The van der Waals surface area contributed by atoms with Crippen LogP contribution in [-0.2, 0) is 4.79 Å². The van der Waals surface area contributed by atoms with Crippen LogP contribution in [0.15, 0.2) is 42.7 Å². The number of carbonyl (C=O) groups excluding carboxylic acids is 1. The average molecular weight is 353 g/mol. The molecule has 0 spiro atoms. The summed E-state index contributed by atoms with van der Waals surface area (Å²) in [6.45, 7) is 1.55. The van der Waals surface area contributed by atoms with Crippen molar-refractivity contribution in [3.8, 4) is 17.5 Å². The number of benzene rings is 1. The first-order valence-corrected chi connectivity index (χ1v) is 8.58. The molecule has 4 rings (SSSR count). The highest BCUT2D eigenvalue weighted by molar-refractivity contribution is 5.92. The summed E-state index contributed by atoms with van der Waals surface area (Å²) in [7, 11) is 0. The van der Waals surface area contributed by atoms with Crippen molar-refractivity contribution in [3.05, 3.63) is 48.3 Å². The van der Waals surface area contributed by atoms with Crippen molar-refractivity contribution in [2.24, 2.45) is 0 Å². The van der Waals surface area contributed by atoms with Crippen molar-refractivity contribution in [2.45, 2.75) is 18.9 Å². The maximum atomic E-state index is 12.4. The Morgan fingerprint density at radius 2 is 1.92 bits per heavy atom. The van der Waals surface area contributed by atoms with Crippen molar-refractivity contribution in [1.29, 1.82) is 0 Å². The topological polar surface area (TPSA) is 73.8 Å². The summed E-state index contributed by atoms with van der Waals surface area (Å²) in [5.41, 5.74) is 0.905. The van der Waals surface area contributed by atoms with Crippen molar-refractivity contribution >= 4 is 12.0 Å². The molecule has 2 aromatic rings. The molecule has 1 saturated heterocycles. The summed E-state index contributed by atoms with van der Waals surface area (Å²) in [5.74, 6) is 1.44. The van der Waals surface area contributed by atoms with Crippen LogP contribution in [0, 0.1) is 0 Å². The number of amides is 1. The van der Waals surface area contributed by atoms with Gasteiger partial charge in [0.2, 0.25) is 12.7 Å². The molecule has 2 aliphatic heterocycles. The van der Waals surface area contributed by atoms with Crippen LogP contribution in [0.25, 0.3) is 6.08 Å². The van der Waals surface area contributed by atoms with E-state index in [4.69, 9.17) is 14.2 Å². The maximum Gasteiger partial charge on any atom is 0.316 e. The predicted octanol–water partition coefficient (Wildman–Crippen LogP) is 2.29. The Labute approximate surface area is 151 Å². The molecule has 0 aliphatic carbocycles. The van der Waals surface area contributed by atoms with Gasteiger partial charge < -0.3 is 19.1 Å². The zero-order valence-electron chi connectivity index (χ0n) is 14.2. The number of likely N-dealkylation sites (tertiary alicyclic amines) is 1. The molecule has 0 atom stereocenters. The lowest BCUT2D eigenvalue weighted by Crippen LogP contribution is -2.41. The number of piperidine rings is 1. The van der Waals surface area contributed by atoms with Crippen LogP contribution in [0.4, 0.5) is 0 Å². The molecule has 134 valence electrons. The fraction of sp³-hybridized carbons (Fsp3) is 0.316. The van der Waals surface area contributed by atoms with Crippen LogP contribution < -0.4 is 14.2 Å². The van der Waals surface area contributed by atoms with Crippen molar-refractivity contribution in [3.63, 3.8) is 0 Å². The fourth-order valence-electron chi connectivity index (χ4n) is 2.98. The van der Waals surface area contributed by atoms with E-state index in [9.17, 15) is 4.79 Å². The molecule has 0 unspecified atom stereocenters. The molecule has 1 amide bonds. The van der Waals surface area contributed by atoms with Gasteiger partial charge in [0, 0.05) is 44.4 Å². The Bertz CT molecular complexity index is 802. The maximum absolute atomic E-state index is 12.4. The summed E-state index contributed by atoms with van der Waals surface area (Å²) >= 11 is 0. The molecule has 0 saturated carbocycles. The van der Waals surface area contributed by atoms with Crippen LogP contribution in [0.2, 0.25) is 0 Å². The third-order valence-corrected chi connectivity index (χ3v) is 4.38. The van der Waals surface area contributed by atoms with Crippen LogP contribution in [0.1, 0.15) is 18.4 Å². The van der Waals surface area contributed by atoms with Gasteiger partial charge in [-0.3, -0.25) is 4.79 Å². The van der Waals surface area contributed by atoms with E-state index in [0.717, 1.165) is 24.2 Å². The van der Waals surface area contributed by atoms with Gasteiger partial charge in [-0.2, -0.15) is 0 Å². The lowest BCUT2D eigenvalue weighted by atomic mass is 10.1. The minimum Gasteiger partial charge on any atom is -0.460 e. The van der Waals surface area contributed by atoms with Gasteiger partial charge >= 0.3 is 6.01 Å². The number of hydrogen-bond acceptors (Lipinski definition) is 6. The molecule has 26 heavy (non-hydrogen) atoms. The Hall–Kier alpha value is -3.09. The van der Waals surface area contributed by atoms with Gasteiger partial charge in [-0.1, -0.05) is 6.07 Å². The van der Waals surface area contributed by atoms with E-state index < -0.39 is 0 Å². The first-order chi connectivity index (χ1) is 12.8. The summed E-state index contributed by atoms with van der Waals surface area (Å²) in [6, 6.07) is 7.75. The van der Waals surface area contributed by atoms with E-state index in [-0.39, 0.29) is 18.8 Å². The molecule has 0 N–H and O–H groups in total. The van der Waals surface area contributed by atoms with Gasteiger partial charge in [0.15, 0.2) is 11.5 Å². The molecule has 0 radical (unpaired) electrons. The van der Waals surface area contributed by atoms with E-state index in [1.165, 1.54) is 0 Å². The van der Waals surface area contributed by atoms with E-state index in [2.05, 4.69) is 9.97 Å². The van der Waals surface area contributed by atoms with Crippen molar-refractivity contribution in [1.82, 2.24) is 14.9 Å². The lowest BCUT2D eigenvalue weighted by Gasteiger charge is -2.30. The third-order valence-electron chi connectivity index (χ3n) is 4.38. The summed E-state index contributed by atoms with van der Waals surface area (Å²) < 4.78 is 16.4. The van der Waals surface area contributed by atoms with Gasteiger partial charge in [-0.05, 0) is 29.8 Å². The first kappa shape index (κ1) is 16.4. The molecular formula is C19H19N3O4. The number of aromatic nitrogens is 2. The number of carbonyl (C=O) groups is 1. The standard InChI is InChI=1S/C19H19N3O4/c23-18(5-3-14-2-4-16-17(12-14)25-13-24-16)22-10-6-15(7-11-22)26-19-20-8-1-9-21-19/h1-5,8-9,12,15H,6-7,10-11,13H2/b5-3+. The molecule has 1 aromatic carbocycles. The van der Waals surface area contributed by atoms with Crippen molar-refractivity contribution < 1.29 is 19.0 Å². The molecule has 7 heteroatoms. The fourth-order valence-corrected chi connectivity index (χ4v) is 2.98. The second-order valence-electron chi connectivity index (χ2n) is 6.12. The first-order valence-electron chi connectivity index (χ1n) is 8.58. The van der Waals surface area contributed by atoms with Gasteiger partial charge in [0.25, 0.3) is 0 Å². The number of fused-ring (bicyclic) bond motifs is 1. The normalized spacial score (nSPS) is 16.8. The molecule has 1 fully saturated rings. The Kier molecular flexibility index (Phi) is 4.68. The van der Waals surface area contributed by atoms with E-state index >= 15 is 0 Å². The second kappa shape index (κ2) is 7.43. The number of hydrogen-bond donors (Lipinski definition) is 0. The highest BCUT2D eigenvalue weighted by Gasteiger charge is 2.23. The third kappa shape index (κ3) is 3.77. The Morgan fingerprint density at radius 3 is 2.73 bits per heavy atom. The Morgan fingerprint density at radius 1 is 1.15 bits per heavy atom. The van der Waals surface area contributed by atoms with Crippen LogP contribution in [0.5, 0.6) is 17.5 Å². The average Bonchev–Trinajstić information content (AvgIpc) is 3.15. The van der Waals surface area contributed by atoms with Gasteiger partial charge in [-0.25, -0.2) is 9.97 Å². The number of rotatable bonds is 4. The molecular weight excluding hydrogens is 334 g/mol. The van der Waals surface area contributed by atoms with Gasteiger partial charge in [0.05, 0.1) is 0 Å². The van der Waals surface area contributed by atoms with E-state index in [1.807, 2.05) is 23.1 Å². The monoisotopic (exact) mass is 353 g/mol. The smallest absolute Gasteiger partial charge is 0.316 e. The number of nitrogens with zero attached hydrogens (tertiary/aromatic N) is 3. The minimum atomic E-state index is -0.00271. The summed E-state index contributed by atoms with van der Waals surface area (Å²) in [6.07, 6.45) is 8.27. The molecule has 2 aliphatic rings. The lowest BCUT2D eigenvalue weighted by molar-refractivity contribution is -0.127. The minimum absolute atomic E-state index is 0.00271. The highest BCUT2D eigenvalue weighted by atomic mass is 16.7. The van der Waals surface area contributed by atoms with E-state index in [1.54, 1.807) is 30.6 Å². The van der Waals surface area contributed by atoms with Crippen LogP contribution >= 0.6 is 0 Å².